The van der Waals surface area contributed by atoms with E-state index in [1.807, 2.05) is 0 Å². The molecule has 24 heavy (non-hydrogen) atoms. The van der Waals surface area contributed by atoms with Crippen LogP contribution in [-0.2, 0) is 25.2 Å². The normalized spacial score (nSPS) is 15.0. The summed E-state index contributed by atoms with van der Waals surface area (Å²) in [4.78, 5) is 24.0. The molecule has 0 radical (unpaired) electrons. The van der Waals surface area contributed by atoms with Crippen molar-refractivity contribution in [2.75, 3.05) is 14.2 Å². The van der Waals surface area contributed by atoms with Crippen molar-refractivity contribution in [2.45, 2.75) is 12.1 Å². The van der Waals surface area contributed by atoms with Crippen molar-refractivity contribution in [3.63, 3.8) is 0 Å². The number of halogens is 3. The van der Waals surface area contributed by atoms with Gasteiger partial charge in [0.05, 0.1) is 36.8 Å². The van der Waals surface area contributed by atoms with Gasteiger partial charge >= 0.3 is 18.1 Å². The lowest BCUT2D eigenvalue weighted by Crippen LogP contribution is -2.28. The summed E-state index contributed by atoms with van der Waals surface area (Å²) in [5.41, 5.74) is -1.43. The topological polar surface area (TPSA) is 64.6 Å². The number of hydrogen-bond acceptors (Lipinski definition) is 5. The van der Waals surface area contributed by atoms with E-state index in [1.54, 1.807) is 0 Å². The molecule has 0 aliphatic carbocycles. The minimum absolute atomic E-state index is 0.128. The van der Waals surface area contributed by atoms with Gasteiger partial charge in [-0.3, -0.25) is 0 Å². The van der Waals surface area contributed by atoms with Crippen LogP contribution in [0, 0.1) is 0 Å². The van der Waals surface area contributed by atoms with Crippen molar-refractivity contribution >= 4 is 11.9 Å². The third-order valence-corrected chi connectivity index (χ3v) is 3.52. The van der Waals surface area contributed by atoms with Gasteiger partial charge in [-0.05, 0) is 11.6 Å². The number of alkyl halides is 3. The monoisotopic (exact) mass is 341 g/mol. The first-order valence-corrected chi connectivity index (χ1v) is 6.80. The lowest BCUT2D eigenvalue weighted by atomic mass is 9.81. The van der Waals surface area contributed by atoms with Gasteiger partial charge < -0.3 is 14.8 Å². The van der Waals surface area contributed by atoms with Gasteiger partial charge in [-0.25, -0.2) is 9.59 Å². The fourth-order valence-electron chi connectivity index (χ4n) is 2.49. The molecular formula is C16H14F3NO4. The van der Waals surface area contributed by atoms with E-state index in [0.29, 0.717) is 0 Å². The third kappa shape index (κ3) is 3.27. The first-order chi connectivity index (χ1) is 11.3. The van der Waals surface area contributed by atoms with Crippen LogP contribution in [0.15, 0.2) is 47.8 Å². The van der Waals surface area contributed by atoms with Crippen LogP contribution < -0.4 is 5.32 Å². The zero-order valence-electron chi connectivity index (χ0n) is 12.8. The highest BCUT2D eigenvalue weighted by molar-refractivity contribution is 5.98. The molecule has 0 saturated heterocycles. The minimum Gasteiger partial charge on any atom is -0.466 e. The van der Waals surface area contributed by atoms with Crippen molar-refractivity contribution in [3.05, 3.63) is 58.9 Å². The molecular weight excluding hydrogens is 327 g/mol. The molecule has 0 fully saturated rings. The predicted molar refractivity (Wildman–Crippen MR) is 77.5 cm³/mol. The molecule has 1 aliphatic heterocycles. The van der Waals surface area contributed by atoms with Crippen LogP contribution in [0.25, 0.3) is 0 Å². The van der Waals surface area contributed by atoms with Crippen LogP contribution >= 0.6 is 0 Å². The van der Waals surface area contributed by atoms with Gasteiger partial charge in [0.2, 0.25) is 0 Å². The number of carbonyl (C=O) groups excluding carboxylic acids is 2. The Morgan fingerprint density at radius 2 is 1.50 bits per heavy atom. The summed E-state index contributed by atoms with van der Waals surface area (Å²) >= 11 is 0. The van der Waals surface area contributed by atoms with Crippen LogP contribution in [0.3, 0.4) is 0 Å². The van der Waals surface area contributed by atoms with Crippen molar-refractivity contribution in [3.8, 4) is 0 Å². The maximum absolute atomic E-state index is 13.3. The number of esters is 2. The molecule has 2 rings (SSSR count). The Kier molecular flexibility index (Phi) is 4.96. The van der Waals surface area contributed by atoms with E-state index in [4.69, 9.17) is 0 Å². The molecule has 1 aliphatic rings. The highest BCUT2D eigenvalue weighted by Crippen LogP contribution is 2.41. The minimum atomic E-state index is -4.65. The molecule has 8 heteroatoms. The molecule has 0 atom stereocenters. The standard InChI is InChI=1S/C16H14F3NO4/c1-23-14(21)10-7-20-8-11(15(22)24-2)13(10)9-5-3-4-6-12(9)16(17,18)19/h3-8,13,20H,1-2H3. The van der Waals surface area contributed by atoms with Crippen molar-refractivity contribution in [1.82, 2.24) is 5.32 Å². The number of carbonyl (C=O) groups is 2. The van der Waals surface area contributed by atoms with Crippen LogP contribution in [0.1, 0.15) is 17.0 Å². The lowest BCUT2D eigenvalue weighted by molar-refractivity contribution is -0.140. The molecule has 1 N–H and O–H groups in total. The molecule has 0 unspecified atom stereocenters. The van der Waals surface area contributed by atoms with Gasteiger partial charge in [-0.1, -0.05) is 18.2 Å². The van der Waals surface area contributed by atoms with Gasteiger partial charge in [0.1, 0.15) is 0 Å². The van der Waals surface area contributed by atoms with Crippen LogP contribution in [-0.4, -0.2) is 26.2 Å². The fraction of sp³-hybridized carbons (Fsp3) is 0.250. The van der Waals surface area contributed by atoms with Crippen molar-refractivity contribution < 1.29 is 32.2 Å². The number of nitrogens with one attached hydrogen (secondary N) is 1. The molecule has 0 saturated carbocycles. The summed E-state index contributed by atoms with van der Waals surface area (Å²) in [6, 6.07) is 4.74. The van der Waals surface area contributed by atoms with Gasteiger partial charge in [0.15, 0.2) is 0 Å². The highest BCUT2D eigenvalue weighted by atomic mass is 19.4. The Morgan fingerprint density at radius 1 is 1.00 bits per heavy atom. The highest BCUT2D eigenvalue weighted by Gasteiger charge is 2.40. The van der Waals surface area contributed by atoms with Crippen molar-refractivity contribution in [1.29, 1.82) is 0 Å². The van der Waals surface area contributed by atoms with Gasteiger partial charge in [-0.2, -0.15) is 13.2 Å². The molecule has 128 valence electrons. The summed E-state index contributed by atoms with van der Waals surface area (Å²) in [5, 5.41) is 2.57. The van der Waals surface area contributed by atoms with E-state index in [2.05, 4.69) is 14.8 Å². The molecule has 0 amide bonds. The maximum atomic E-state index is 13.3. The largest absolute Gasteiger partial charge is 0.466 e. The van der Waals surface area contributed by atoms with E-state index < -0.39 is 29.6 Å². The van der Waals surface area contributed by atoms with E-state index >= 15 is 0 Å². The number of dihydropyridines is 1. The zero-order valence-corrected chi connectivity index (χ0v) is 12.8. The number of methoxy groups -OCH3 is 2. The maximum Gasteiger partial charge on any atom is 0.416 e. The second-order valence-electron chi connectivity index (χ2n) is 4.87. The van der Waals surface area contributed by atoms with E-state index in [0.717, 1.165) is 20.3 Å². The van der Waals surface area contributed by atoms with E-state index in [9.17, 15) is 22.8 Å². The zero-order chi connectivity index (χ0) is 17.9. The molecule has 1 heterocycles. The fourth-order valence-corrected chi connectivity index (χ4v) is 2.49. The summed E-state index contributed by atoms with van der Waals surface area (Å²) in [6.07, 6.45) is -2.24. The van der Waals surface area contributed by atoms with Crippen molar-refractivity contribution in [2.24, 2.45) is 0 Å². The lowest BCUT2D eigenvalue weighted by Gasteiger charge is -2.26. The number of ether oxygens (including phenoxy) is 2. The Bertz CT molecular complexity index is 690. The van der Waals surface area contributed by atoms with Gasteiger partial charge in [0.25, 0.3) is 0 Å². The van der Waals surface area contributed by atoms with Gasteiger partial charge in [0, 0.05) is 12.4 Å². The van der Waals surface area contributed by atoms with Crippen LogP contribution in [0.5, 0.6) is 0 Å². The second kappa shape index (κ2) is 6.77. The first kappa shape index (κ1) is 17.6. The molecule has 1 aromatic carbocycles. The number of benzene rings is 1. The third-order valence-electron chi connectivity index (χ3n) is 3.52. The SMILES string of the molecule is COC(=O)C1=CNC=C(C(=O)OC)C1c1ccccc1C(F)(F)F. The summed E-state index contributed by atoms with van der Waals surface area (Å²) in [7, 11) is 2.21. The molecule has 0 aromatic heterocycles. The quantitative estimate of drug-likeness (QED) is 0.856. The molecule has 0 bridgehead atoms. The Labute approximate surface area is 135 Å². The van der Waals surface area contributed by atoms with Gasteiger partial charge in [-0.15, -0.1) is 0 Å². The summed E-state index contributed by atoms with van der Waals surface area (Å²) in [6.45, 7) is 0. The first-order valence-electron chi connectivity index (χ1n) is 6.80. The second-order valence-corrected chi connectivity index (χ2v) is 4.87. The van der Waals surface area contributed by atoms with E-state index in [1.165, 1.54) is 30.6 Å². The summed E-state index contributed by atoms with van der Waals surface area (Å²) in [5.74, 6) is -2.96. The average molecular weight is 341 g/mol. The predicted octanol–water partition coefficient (Wildman–Crippen LogP) is 2.51. The Morgan fingerprint density at radius 3 is 1.96 bits per heavy atom. The molecule has 0 spiro atoms. The number of rotatable bonds is 3. The molecule has 1 aromatic rings. The average Bonchev–Trinajstić information content (AvgIpc) is 2.58. The van der Waals surface area contributed by atoms with Crippen LogP contribution in [0.4, 0.5) is 13.2 Å². The number of hydrogen-bond donors (Lipinski definition) is 1. The van der Waals surface area contributed by atoms with Crippen LogP contribution in [0.2, 0.25) is 0 Å². The smallest absolute Gasteiger partial charge is 0.416 e. The summed E-state index contributed by atoms with van der Waals surface area (Å²) < 4.78 is 49.3. The Balaban J connectivity index is 2.66. The van der Waals surface area contributed by atoms with E-state index in [-0.39, 0.29) is 16.7 Å². The molecule has 5 nitrogen and oxygen atoms in total. The Hall–Kier alpha value is -2.77.